The molecule has 4 rings (SSSR count). The molecule has 0 bridgehead atoms. The molecule has 0 spiro atoms. The smallest absolute Gasteiger partial charge is 0.256 e. The number of hydrogen-bond donors (Lipinski definition) is 1. The zero-order valence-corrected chi connectivity index (χ0v) is 19.1. The number of carbonyl (C=O) groups is 1. The van der Waals surface area contributed by atoms with Gasteiger partial charge >= 0.3 is 0 Å². The van der Waals surface area contributed by atoms with Crippen molar-refractivity contribution in [2.75, 3.05) is 18.4 Å². The Balaban J connectivity index is 1.76. The van der Waals surface area contributed by atoms with Crippen LogP contribution in [0.1, 0.15) is 57.7 Å². The van der Waals surface area contributed by atoms with Gasteiger partial charge in [-0.1, -0.05) is 37.3 Å². The molecule has 1 atom stereocenters. The second-order valence-corrected chi connectivity index (χ2v) is 9.75. The van der Waals surface area contributed by atoms with Gasteiger partial charge in [0.1, 0.15) is 10.8 Å². The van der Waals surface area contributed by atoms with Crippen molar-refractivity contribution in [1.29, 1.82) is 0 Å². The Morgan fingerprint density at radius 1 is 1.10 bits per heavy atom. The van der Waals surface area contributed by atoms with E-state index < -0.39 is 0 Å². The Labute approximate surface area is 187 Å². The number of nitrogens with one attached hydrogen (secondary N) is 1. The molecule has 2 aromatic carbocycles. The standard InChI is InChI=1S/C26H29FN2OS/c1-17-12-14-29(15-13-17)24(21-10-7-11-22(27)16-21)23-18(2)19(3)31-26(23)28-25(30)20-8-5-4-6-9-20/h4-11,16-17,24H,12-15H2,1-3H3,(H,28,30). The Hall–Kier alpha value is -2.50. The van der Waals surface area contributed by atoms with E-state index in [0.29, 0.717) is 11.5 Å². The summed E-state index contributed by atoms with van der Waals surface area (Å²) in [6.45, 7) is 8.41. The molecule has 1 aromatic heterocycles. The van der Waals surface area contributed by atoms with Gasteiger partial charge < -0.3 is 5.32 Å². The summed E-state index contributed by atoms with van der Waals surface area (Å²) in [4.78, 5) is 16.6. The van der Waals surface area contributed by atoms with Gasteiger partial charge in [0.25, 0.3) is 5.91 Å². The van der Waals surface area contributed by atoms with Crippen LogP contribution in [0.2, 0.25) is 0 Å². The second kappa shape index (κ2) is 9.33. The minimum absolute atomic E-state index is 0.0841. The SMILES string of the molecule is Cc1sc(NC(=O)c2ccccc2)c(C(c2cccc(F)c2)N2CCC(C)CC2)c1C. The van der Waals surface area contributed by atoms with E-state index in [4.69, 9.17) is 0 Å². The van der Waals surface area contributed by atoms with Crippen molar-refractivity contribution in [2.45, 2.75) is 39.7 Å². The molecule has 1 aliphatic heterocycles. The zero-order chi connectivity index (χ0) is 22.0. The van der Waals surface area contributed by atoms with Crippen molar-refractivity contribution >= 4 is 22.2 Å². The van der Waals surface area contributed by atoms with Crippen LogP contribution in [0.5, 0.6) is 0 Å². The predicted octanol–water partition coefficient (Wildman–Crippen LogP) is 6.58. The number of nitrogens with zero attached hydrogens (tertiary/aromatic N) is 1. The highest BCUT2D eigenvalue weighted by Gasteiger charge is 2.31. The second-order valence-electron chi connectivity index (χ2n) is 8.52. The van der Waals surface area contributed by atoms with Crippen molar-refractivity contribution < 1.29 is 9.18 Å². The fourth-order valence-electron chi connectivity index (χ4n) is 4.35. The molecule has 1 saturated heterocycles. The van der Waals surface area contributed by atoms with Crippen LogP contribution >= 0.6 is 11.3 Å². The highest BCUT2D eigenvalue weighted by atomic mass is 32.1. The molecule has 31 heavy (non-hydrogen) atoms. The topological polar surface area (TPSA) is 32.3 Å². The molecule has 1 N–H and O–H groups in total. The summed E-state index contributed by atoms with van der Waals surface area (Å²) in [5.41, 5.74) is 3.82. The maximum atomic E-state index is 14.2. The van der Waals surface area contributed by atoms with Crippen molar-refractivity contribution in [3.05, 3.63) is 87.5 Å². The van der Waals surface area contributed by atoms with Crippen LogP contribution in [0.25, 0.3) is 0 Å². The number of amides is 1. The Kier molecular flexibility index (Phi) is 6.54. The predicted molar refractivity (Wildman–Crippen MR) is 126 cm³/mol. The molecule has 0 aliphatic carbocycles. The Bertz CT molecular complexity index is 1050. The van der Waals surface area contributed by atoms with Gasteiger partial charge in [-0.3, -0.25) is 9.69 Å². The van der Waals surface area contributed by atoms with E-state index in [2.05, 4.69) is 31.0 Å². The van der Waals surface area contributed by atoms with Gasteiger partial charge in [0.2, 0.25) is 0 Å². The summed E-state index contributed by atoms with van der Waals surface area (Å²) in [6.07, 6.45) is 2.25. The van der Waals surface area contributed by atoms with Gasteiger partial charge in [-0.05, 0) is 81.1 Å². The number of rotatable bonds is 5. The number of aryl methyl sites for hydroxylation is 1. The minimum atomic E-state index is -0.229. The molecule has 5 heteroatoms. The van der Waals surface area contributed by atoms with E-state index >= 15 is 0 Å². The van der Waals surface area contributed by atoms with Crippen LogP contribution in [-0.2, 0) is 0 Å². The van der Waals surface area contributed by atoms with E-state index in [-0.39, 0.29) is 17.8 Å². The summed E-state index contributed by atoms with van der Waals surface area (Å²) in [5.74, 6) is 0.354. The summed E-state index contributed by atoms with van der Waals surface area (Å²) >= 11 is 1.60. The minimum Gasteiger partial charge on any atom is -0.313 e. The number of thiophene rings is 1. The first-order valence-electron chi connectivity index (χ1n) is 10.9. The van der Waals surface area contributed by atoms with Gasteiger partial charge in [0.05, 0.1) is 6.04 Å². The number of likely N-dealkylation sites (tertiary alicyclic amines) is 1. The average molecular weight is 437 g/mol. The lowest BCUT2D eigenvalue weighted by atomic mass is 9.91. The first-order chi connectivity index (χ1) is 14.9. The normalized spacial score (nSPS) is 16.3. The monoisotopic (exact) mass is 436 g/mol. The molecule has 1 amide bonds. The quantitative estimate of drug-likeness (QED) is 0.490. The van der Waals surface area contributed by atoms with Crippen LogP contribution in [0.15, 0.2) is 54.6 Å². The molecule has 3 aromatic rings. The molecule has 0 radical (unpaired) electrons. The fraction of sp³-hybridized carbons (Fsp3) is 0.346. The summed E-state index contributed by atoms with van der Waals surface area (Å²) in [5, 5.41) is 4.02. The first kappa shape index (κ1) is 21.7. The van der Waals surface area contributed by atoms with Crippen molar-refractivity contribution in [1.82, 2.24) is 4.90 Å². The lowest BCUT2D eigenvalue weighted by Crippen LogP contribution is -2.37. The Morgan fingerprint density at radius 3 is 2.48 bits per heavy atom. The summed E-state index contributed by atoms with van der Waals surface area (Å²) < 4.78 is 14.2. The van der Waals surface area contributed by atoms with Gasteiger partial charge in [0.15, 0.2) is 0 Å². The molecule has 1 aliphatic rings. The Morgan fingerprint density at radius 2 is 1.81 bits per heavy atom. The number of anilines is 1. The third-order valence-electron chi connectivity index (χ3n) is 6.32. The van der Waals surface area contributed by atoms with Gasteiger partial charge in [-0.2, -0.15) is 0 Å². The summed E-state index contributed by atoms with van der Waals surface area (Å²) in [7, 11) is 0. The third kappa shape index (κ3) is 4.73. The molecule has 1 unspecified atom stereocenters. The number of benzene rings is 2. The van der Waals surface area contributed by atoms with E-state index in [0.717, 1.165) is 42.1 Å². The number of carbonyl (C=O) groups excluding carboxylic acids is 1. The average Bonchev–Trinajstić information content (AvgIpc) is 3.04. The van der Waals surface area contributed by atoms with Crippen LogP contribution in [-0.4, -0.2) is 23.9 Å². The van der Waals surface area contributed by atoms with Crippen LogP contribution in [0, 0.1) is 25.6 Å². The van der Waals surface area contributed by atoms with Gasteiger partial charge in [0, 0.05) is 16.0 Å². The number of hydrogen-bond acceptors (Lipinski definition) is 3. The zero-order valence-electron chi connectivity index (χ0n) is 18.3. The number of halogens is 1. The highest BCUT2D eigenvalue weighted by Crippen LogP contribution is 2.43. The van der Waals surface area contributed by atoms with E-state index in [9.17, 15) is 9.18 Å². The maximum absolute atomic E-state index is 14.2. The van der Waals surface area contributed by atoms with E-state index in [1.54, 1.807) is 23.5 Å². The molecular weight excluding hydrogens is 407 g/mol. The number of piperidine rings is 1. The van der Waals surface area contributed by atoms with Crippen LogP contribution < -0.4 is 5.32 Å². The lowest BCUT2D eigenvalue weighted by molar-refractivity contribution is 0.102. The van der Waals surface area contributed by atoms with E-state index in [1.165, 1.54) is 16.5 Å². The van der Waals surface area contributed by atoms with Gasteiger partial charge in [-0.25, -0.2) is 4.39 Å². The molecule has 3 nitrogen and oxygen atoms in total. The van der Waals surface area contributed by atoms with Crippen LogP contribution in [0.3, 0.4) is 0 Å². The third-order valence-corrected chi connectivity index (χ3v) is 7.45. The largest absolute Gasteiger partial charge is 0.313 e. The van der Waals surface area contributed by atoms with Crippen LogP contribution in [0.4, 0.5) is 9.39 Å². The van der Waals surface area contributed by atoms with Crippen molar-refractivity contribution in [2.24, 2.45) is 5.92 Å². The molecule has 0 saturated carbocycles. The van der Waals surface area contributed by atoms with Gasteiger partial charge in [-0.15, -0.1) is 11.3 Å². The highest BCUT2D eigenvalue weighted by molar-refractivity contribution is 7.16. The summed E-state index contributed by atoms with van der Waals surface area (Å²) in [6, 6.07) is 16.1. The van der Waals surface area contributed by atoms with Crippen molar-refractivity contribution in [3.63, 3.8) is 0 Å². The molecule has 162 valence electrons. The first-order valence-corrected chi connectivity index (χ1v) is 11.7. The molecule has 2 heterocycles. The molecular formula is C26H29FN2OS. The maximum Gasteiger partial charge on any atom is 0.256 e. The van der Waals surface area contributed by atoms with E-state index in [1.807, 2.05) is 36.4 Å². The lowest BCUT2D eigenvalue weighted by Gasteiger charge is -2.37. The fourth-order valence-corrected chi connectivity index (χ4v) is 5.44. The molecule has 1 fully saturated rings. The van der Waals surface area contributed by atoms with Crippen molar-refractivity contribution in [3.8, 4) is 0 Å².